The molecule has 0 radical (unpaired) electrons. The van der Waals surface area contributed by atoms with Crippen LogP contribution >= 0.6 is 0 Å². The maximum Gasteiger partial charge on any atom is 0.163 e. The van der Waals surface area contributed by atoms with Crippen molar-refractivity contribution in [2.24, 2.45) is 4.99 Å². The summed E-state index contributed by atoms with van der Waals surface area (Å²) in [6, 6.07) is 11.5. The SMILES string of the molecule is C#Cc1cccc(NC2N=CNc3cc(OCCOC)c(OCCOC)cc32)c1. The average molecular weight is 395 g/mol. The minimum absolute atomic E-state index is 0.294. The van der Waals surface area contributed by atoms with Crippen LogP contribution in [0.5, 0.6) is 11.5 Å². The van der Waals surface area contributed by atoms with Crippen LogP contribution in [0.25, 0.3) is 0 Å². The second-order valence-electron chi connectivity index (χ2n) is 6.26. The standard InChI is InChI=1S/C22H25N3O4/c1-4-16-6-5-7-17(12-16)25-22-18-13-20(28-10-8-26-2)21(29-11-9-27-3)14-19(18)23-15-24-22/h1,5-7,12-15,22,25H,8-11H2,2-3H3,(H,23,24). The van der Waals surface area contributed by atoms with Crippen LogP contribution in [0.2, 0.25) is 0 Å². The molecule has 0 aliphatic carbocycles. The Kier molecular flexibility index (Phi) is 7.34. The second kappa shape index (κ2) is 10.4. The lowest BCUT2D eigenvalue weighted by molar-refractivity contribution is 0.132. The Balaban J connectivity index is 1.86. The Morgan fingerprint density at radius 1 is 1.03 bits per heavy atom. The molecule has 2 aromatic carbocycles. The van der Waals surface area contributed by atoms with Crippen molar-refractivity contribution in [2.45, 2.75) is 6.17 Å². The number of nitrogens with one attached hydrogen (secondary N) is 2. The fourth-order valence-corrected chi connectivity index (χ4v) is 2.86. The van der Waals surface area contributed by atoms with Gasteiger partial charge in [-0.25, -0.2) is 4.99 Å². The molecule has 2 N–H and O–H groups in total. The number of nitrogens with zero attached hydrogens (tertiary/aromatic N) is 1. The van der Waals surface area contributed by atoms with Gasteiger partial charge in [0.2, 0.25) is 0 Å². The molecule has 0 aromatic heterocycles. The number of ether oxygens (including phenoxy) is 4. The van der Waals surface area contributed by atoms with E-state index < -0.39 is 0 Å². The van der Waals surface area contributed by atoms with Crippen molar-refractivity contribution < 1.29 is 18.9 Å². The zero-order chi connectivity index (χ0) is 20.5. The monoisotopic (exact) mass is 395 g/mol. The van der Waals surface area contributed by atoms with Crippen molar-refractivity contribution in [2.75, 3.05) is 51.3 Å². The normalized spacial score (nSPS) is 14.4. The molecule has 152 valence electrons. The summed E-state index contributed by atoms with van der Waals surface area (Å²) < 4.78 is 21.9. The summed E-state index contributed by atoms with van der Waals surface area (Å²) in [6.07, 6.45) is 6.87. The Morgan fingerprint density at radius 3 is 2.45 bits per heavy atom. The molecule has 1 heterocycles. The minimum Gasteiger partial charge on any atom is -0.487 e. The molecule has 1 aliphatic heterocycles. The fraction of sp³-hybridized carbons (Fsp3) is 0.318. The molecule has 0 spiro atoms. The summed E-state index contributed by atoms with van der Waals surface area (Å²) in [7, 11) is 3.27. The summed E-state index contributed by atoms with van der Waals surface area (Å²) in [6.45, 7) is 1.80. The Bertz CT molecular complexity index is 892. The smallest absolute Gasteiger partial charge is 0.163 e. The summed E-state index contributed by atoms with van der Waals surface area (Å²) >= 11 is 0. The summed E-state index contributed by atoms with van der Waals surface area (Å²) in [5, 5.41) is 6.57. The third-order valence-corrected chi connectivity index (χ3v) is 4.28. The van der Waals surface area contributed by atoms with Crippen molar-refractivity contribution in [3.05, 3.63) is 47.5 Å². The molecule has 0 saturated carbocycles. The van der Waals surface area contributed by atoms with E-state index in [9.17, 15) is 0 Å². The van der Waals surface area contributed by atoms with Crippen LogP contribution in [0.4, 0.5) is 11.4 Å². The molecule has 0 fully saturated rings. The zero-order valence-electron chi connectivity index (χ0n) is 16.6. The molecular weight excluding hydrogens is 370 g/mol. The Hall–Kier alpha value is -3.21. The van der Waals surface area contributed by atoms with Crippen LogP contribution in [0, 0.1) is 12.3 Å². The van der Waals surface area contributed by atoms with Crippen molar-refractivity contribution in [3.8, 4) is 23.8 Å². The van der Waals surface area contributed by atoms with E-state index in [-0.39, 0.29) is 6.17 Å². The Morgan fingerprint density at radius 2 is 1.76 bits per heavy atom. The van der Waals surface area contributed by atoms with E-state index in [4.69, 9.17) is 25.4 Å². The maximum atomic E-state index is 5.88. The van der Waals surface area contributed by atoms with Gasteiger partial charge in [0.15, 0.2) is 11.5 Å². The number of methoxy groups -OCH3 is 2. The zero-order valence-corrected chi connectivity index (χ0v) is 16.6. The number of terminal acetylenes is 1. The van der Waals surface area contributed by atoms with Gasteiger partial charge in [-0.05, 0) is 24.3 Å². The lowest BCUT2D eigenvalue weighted by atomic mass is 10.1. The van der Waals surface area contributed by atoms with Gasteiger partial charge in [0.05, 0.1) is 25.2 Å². The topological polar surface area (TPSA) is 73.3 Å². The minimum atomic E-state index is -0.294. The van der Waals surface area contributed by atoms with E-state index in [0.29, 0.717) is 37.9 Å². The van der Waals surface area contributed by atoms with Crippen molar-refractivity contribution >= 4 is 17.7 Å². The van der Waals surface area contributed by atoms with Gasteiger partial charge in [-0.3, -0.25) is 0 Å². The van der Waals surface area contributed by atoms with Crippen LogP contribution in [0.3, 0.4) is 0 Å². The van der Waals surface area contributed by atoms with E-state index in [1.54, 1.807) is 20.6 Å². The molecule has 1 unspecified atom stereocenters. The molecule has 7 nitrogen and oxygen atoms in total. The number of hydrogen-bond acceptors (Lipinski definition) is 7. The highest BCUT2D eigenvalue weighted by Crippen LogP contribution is 2.39. The maximum absolute atomic E-state index is 5.88. The van der Waals surface area contributed by atoms with E-state index in [0.717, 1.165) is 22.5 Å². The Labute approximate surface area is 171 Å². The molecule has 3 rings (SSSR count). The summed E-state index contributed by atoms with van der Waals surface area (Å²) in [4.78, 5) is 4.52. The van der Waals surface area contributed by atoms with Gasteiger partial charge < -0.3 is 29.6 Å². The van der Waals surface area contributed by atoms with E-state index >= 15 is 0 Å². The molecule has 7 heteroatoms. The van der Waals surface area contributed by atoms with Crippen LogP contribution < -0.4 is 20.1 Å². The molecule has 1 atom stereocenters. The fourth-order valence-electron chi connectivity index (χ4n) is 2.86. The van der Waals surface area contributed by atoms with Crippen LogP contribution in [0.1, 0.15) is 17.3 Å². The average Bonchev–Trinajstić information content (AvgIpc) is 2.75. The predicted octanol–water partition coefficient (Wildman–Crippen LogP) is 3.28. The van der Waals surface area contributed by atoms with Crippen LogP contribution in [-0.2, 0) is 9.47 Å². The van der Waals surface area contributed by atoms with Gasteiger partial charge in [-0.2, -0.15) is 0 Å². The third kappa shape index (κ3) is 5.41. The first kappa shape index (κ1) is 20.5. The molecule has 2 aromatic rings. The lowest BCUT2D eigenvalue weighted by Gasteiger charge is -2.25. The summed E-state index contributed by atoms with van der Waals surface area (Å²) in [5.74, 6) is 3.90. The number of benzene rings is 2. The first-order valence-corrected chi connectivity index (χ1v) is 9.28. The molecular formula is C22H25N3O4. The first-order chi connectivity index (χ1) is 14.2. The number of hydrogen-bond donors (Lipinski definition) is 2. The van der Waals surface area contributed by atoms with Gasteiger partial charge >= 0.3 is 0 Å². The van der Waals surface area contributed by atoms with Crippen LogP contribution in [-0.4, -0.2) is 47.0 Å². The van der Waals surface area contributed by atoms with Crippen molar-refractivity contribution in [3.63, 3.8) is 0 Å². The highest BCUT2D eigenvalue weighted by atomic mass is 16.5. The van der Waals surface area contributed by atoms with Gasteiger partial charge in [0, 0.05) is 37.1 Å². The molecule has 0 bridgehead atoms. The van der Waals surface area contributed by atoms with Crippen molar-refractivity contribution in [1.29, 1.82) is 0 Å². The molecule has 0 amide bonds. The number of aliphatic imine (C=N–C) groups is 1. The van der Waals surface area contributed by atoms with E-state index in [1.165, 1.54) is 0 Å². The van der Waals surface area contributed by atoms with Gasteiger partial charge in [-0.1, -0.05) is 12.0 Å². The largest absolute Gasteiger partial charge is 0.487 e. The van der Waals surface area contributed by atoms with Gasteiger partial charge in [0.25, 0.3) is 0 Å². The van der Waals surface area contributed by atoms with E-state index in [1.807, 2.05) is 36.4 Å². The van der Waals surface area contributed by atoms with Crippen LogP contribution in [0.15, 0.2) is 41.4 Å². The number of fused-ring (bicyclic) bond motifs is 1. The predicted molar refractivity (Wildman–Crippen MR) is 114 cm³/mol. The van der Waals surface area contributed by atoms with Gasteiger partial charge in [-0.15, -0.1) is 6.42 Å². The van der Waals surface area contributed by atoms with E-state index in [2.05, 4.69) is 21.5 Å². The molecule has 1 aliphatic rings. The lowest BCUT2D eigenvalue weighted by Crippen LogP contribution is -2.18. The first-order valence-electron chi connectivity index (χ1n) is 9.28. The van der Waals surface area contributed by atoms with Crippen molar-refractivity contribution in [1.82, 2.24) is 0 Å². The molecule has 29 heavy (non-hydrogen) atoms. The van der Waals surface area contributed by atoms with Gasteiger partial charge in [0.1, 0.15) is 19.4 Å². The highest BCUT2D eigenvalue weighted by Gasteiger charge is 2.21. The highest BCUT2D eigenvalue weighted by molar-refractivity contribution is 5.82. The quantitative estimate of drug-likeness (QED) is 0.475. The second-order valence-corrected chi connectivity index (χ2v) is 6.26. The summed E-state index contributed by atoms with van der Waals surface area (Å²) in [5.41, 5.74) is 3.51. The number of anilines is 2. The molecule has 0 saturated heterocycles. The third-order valence-electron chi connectivity index (χ3n) is 4.28. The number of rotatable bonds is 10.